The molecule has 0 radical (unpaired) electrons. The number of ether oxygens (including phenoxy) is 2. The number of aliphatic carboxylic acids is 1. The molecule has 4 heteroatoms. The summed E-state index contributed by atoms with van der Waals surface area (Å²) in [5, 5.41) is 8.63. The Balaban J connectivity index is 1.70. The van der Waals surface area contributed by atoms with Gasteiger partial charge in [-0.05, 0) is 32.1 Å². The smallest absolute Gasteiger partial charge is 0.303 e. The molecule has 4 nitrogen and oxygen atoms in total. The van der Waals surface area contributed by atoms with Gasteiger partial charge in [0, 0.05) is 18.8 Å². The standard InChI is InChI=1S/C20H32O4/c1-2-3-4-5-6-10-13-17-16(18-15-20(23-17)24-18)12-9-7-8-11-14-19(21)22/h7,9-10,13,16-18,20H,2-6,8,11-12,14-15H2,1H3,(H,21,22)/b9-7-,13-10+/t16-,17-,18+,20-/m1/s1. The number of rotatable bonds is 12. The SMILES string of the molecule is CCCCCC/C=C/[C@H]1O[C@H]2C[C@H](O2)[C@@H]1C/C=C\CCCC(=O)O. The summed E-state index contributed by atoms with van der Waals surface area (Å²) in [5.41, 5.74) is 0. The van der Waals surface area contributed by atoms with Crippen molar-refractivity contribution >= 4 is 5.97 Å². The third-order valence-electron chi connectivity index (χ3n) is 4.85. The molecule has 3 fully saturated rings. The zero-order valence-electron chi connectivity index (χ0n) is 14.9. The van der Waals surface area contributed by atoms with E-state index >= 15 is 0 Å². The largest absolute Gasteiger partial charge is 0.481 e. The maximum absolute atomic E-state index is 10.5. The fourth-order valence-corrected chi connectivity index (χ4v) is 3.36. The van der Waals surface area contributed by atoms with Crippen LogP contribution < -0.4 is 0 Å². The van der Waals surface area contributed by atoms with Gasteiger partial charge in [-0.2, -0.15) is 0 Å². The van der Waals surface area contributed by atoms with E-state index < -0.39 is 5.97 Å². The highest BCUT2D eigenvalue weighted by Crippen LogP contribution is 2.40. The van der Waals surface area contributed by atoms with E-state index in [0.717, 1.165) is 25.7 Å². The molecule has 3 aliphatic heterocycles. The molecule has 3 aliphatic rings. The van der Waals surface area contributed by atoms with Crippen LogP contribution in [0.4, 0.5) is 0 Å². The van der Waals surface area contributed by atoms with E-state index in [-0.39, 0.29) is 18.8 Å². The normalized spacial score (nSPS) is 29.2. The number of hydrogen-bond acceptors (Lipinski definition) is 3. The van der Waals surface area contributed by atoms with E-state index in [4.69, 9.17) is 14.6 Å². The molecule has 0 aromatic rings. The molecule has 1 N–H and O–H groups in total. The van der Waals surface area contributed by atoms with Crippen LogP contribution in [0.25, 0.3) is 0 Å². The van der Waals surface area contributed by atoms with Gasteiger partial charge in [0.25, 0.3) is 0 Å². The van der Waals surface area contributed by atoms with Gasteiger partial charge in [-0.25, -0.2) is 0 Å². The predicted octanol–water partition coefficient (Wildman–Crippen LogP) is 4.84. The lowest BCUT2D eigenvalue weighted by atomic mass is 9.84. The van der Waals surface area contributed by atoms with Crippen molar-refractivity contribution in [3.63, 3.8) is 0 Å². The summed E-state index contributed by atoms with van der Waals surface area (Å²) in [7, 11) is 0. The van der Waals surface area contributed by atoms with E-state index in [9.17, 15) is 4.79 Å². The van der Waals surface area contributed by atoms with Crippen LogP contribution in [-0.2, 0) is 14.3 Å². The average molecular weight is 336 g/mol. The quantitative estimate of drug-likeness (QED) is 0.409. The molecule has 24 heavy (non-hydrogen) atoms. The summed E-state index contributed by atoms with van der Waals surface area (Å²) >= 11 is 0. The third-order valence-corrected chi connectivity index (χ3v) is 4.85. The second-order valence-electron chi connectivity index (χ2n) is 6.87. The van der Waals surface area contributed by atoms with Gasteiger partial charge in [-0.1, -0.05) is 50.5 Å². The van der Waals surface area contributed by atoms with E-state index in [1.807, 2.05) is 0 Å². The molecular weight excluding hydrogens is 304 g/mol. The van der Waals surface area contributed by atoms with Crippen LogP contribution in [0.3, 0.4) is 0 Å². The van der Waals surface area contributed by atoms with Crippen LogP contribution in [0, 0.1) is 5.92 Å². The van der Waals surface area contributed by atoms with Crippen molar-refractivity contribution in [2.24, 2.45) is 5.92 Å². The van der Waals surface area contributed by atoms with Crippen molar-refractivity contribution in [2.45, 2.75) is 89.6 Å². The first-order chi connectivity index (χ1) is 11.7. The van der Waals surface area contributed by atoms with Gasteiger partial charge >= 0.3 is 5.97 Å². The summed E-state index contributed by atoms with van der Waals surface area (Å²) in [6.07, 6.45) is 19.3. The first kappa shape index (κ1) is 19.2. The summed E-state index contributed by atoms with van der Waals surface area (Å²) in [6, 6.07) is 0. The fourth-order valence-electron chi connectivity index (χ4n) is 3.36. The Labute approximate surface area is 145 Å². The van der Waals surface area contributed by atoms with Crippen LogP contribution >= 0.6 is 0 Å². The molecular formula is C20H32O4. The van der Waals surface area contributed by atoms with Crippen molar-refractivity contribution < 1.29 is 19.4 Å². The molecule has 3 saturated heterocycles. The van der Waals surface area contributed by atoms with Crippen LogP contribution in [0.1, 0.15) is 71.1 Å². The molecule has 4 atom stereocenters. The van der Waals surface area contributed by atoms with Crippen molar-refractivity contribution in [1.29, 1.82) is 0 Å². The van der Waals surface area contributed by atoms with E-state index in [1.165, 1.54) is 25.7 Å². The second-order valence-corrected chi connectivity index (χ2v) is 6.87. The number of carbonyl (C=O) groups is 1. The Morgan fingerprint density at radius 2 is 1.88 bits per heavy atom. The Kier molecular flexibility index (Phi) is 8.54. The lowest BCUT2D eigenvalue weighted by Gasteiger charge is -2.49. The van der Waals surface area contributed by atoms with Crippen LogP contribution in [0.5, 0.6) is 0 Å². The lowest BCUT2D eigenvalue weighted by Crippen LogP contribution is -2.55. The van der Waals surface area contributed by atoms with E-state index in [2.05, 4.69) is 31.2 Å². The van der Waals surface area contributed by atoms with Crippen molar-refractivity contribution in [1.82, 2.24) is 0 Å². The monoisotopic (exact) mass is 336 g/mol. The van der Waals surface area contributed by atoms with Gasteiger partial charge in [0.2, 0.25) is 0 Å². The highest BCUT2D eigenvalue weighted by Gasteiger charge is 2.46. The van der Waals surface area contributed by atoms with Crippen LogP contribution in [0.15, 0.2) is 24.3 Å². The molecule has 0 aliphatic carbocycles. The molecule has 2 bridgehead atoms. The molecule has 0 aromatic carbocycles. The van der Waals surface area contributed by atoms with E-state index in [1.54, 1.807) is 0 Å². The minimum atomic E-state index is -0.720. The number of unbranched alkanes of at least 4 members (excludes halogenated alkanes) is 5. The van der Waals surface area contributed by atoms with Crippen molar-refractivity contribution in [3.05, 3.63) is 24.3 Å². The summed E-state index contributed by atoms with van der Waals surface area (Å²) in [5.74, 6) is -0.334. The first-order valence-electron chi connectivity index (χ1n) is 9.55. The summed E-state index contributed by atoms with van der Waals surface area (Å²) in [6.45, 7) is 2.23. The molecule has 0 saturated carbocycles. The molecule has 3 rings (SSSR count). The third kappa shape index (κ3) is 6.40. The molecule has 136 valence electrons. The van der Waals surface area contributed by atoms with Gasteiger partial charge in [0.15, 0.2) is 6.29 Å². The highest BCUT2D eigenvalue weighted by molar-refractivity contribution is 5.66. The minimum Gasteiger partial charge on any atom is -0.481 e. The predicted molar refractivity (Wildman–Crippen MR) is 94.8 cm³/mol. The Hall–Kier alpha value is -1.13. The number of fused-ring (bicyclic) bond motifs is 2. The molecule has 0 amide bonds. The number of hydrogen-bond donors (Lipinski definition) is 1. The topological polar surface area (TPSA) is 55.8 Å². The average Bonchev–Trinajstić information content (AvgIpc) is 2.53. The van der Waals surface area contributed by atoms with Gasteiger partial charge < -0.3 is 14.6 Å². The van der Waals surface area contributed by atoms with Crippen LogP contribution in [-0.4, -0.2) is 29.6 Å². The Morgan fingerprint density at radius 3 is 2.62 bits per heavy atom. The molecule has 0 aromatic heterocycles. The van der Waals surface area contributed by atoms with Crippen molar-refractivity contribution in [2.75, 3.05) is 0 Å². The molecule has 0 spiro atoms. The molecule has 0 unspecified atom stereocenters. The summed E-state index contributed by atoms with van der Waals surface area (Å²) in [4.78, 5) is 10.5. The van der Waals surface area contributed by atoms with E-state index in [0.29, 0.717) is 18.4 Å². The van der Waals surface area contributed by atoms with Crippen LogP contribution in [0.2, 0.25) is 0 Å². The number of carboxylic acids is 1. The minimum absolute atomic E-state index is 0.000498. The Morgan fingerprint density at radius 1 is 1.08 bits per heavy atom. The maximum Gasteiger partial charge on any atom is 0.303 e. The number of carboxylic acid groups (broad SMARTS) is 1. The zero-order chi connectivity index (χ0) is 17.2. The second kappa shape index (κ2) is 10.7. The lowest BCUT2D eigenvalue weighted by molar-refractivity contribution is -0.337. The van der Waals surface area contributed by atoms with Crippen molar-refractivity contribution in [3.8, 4) is 0 Å². The van der Waals surface area contributed by atoms with Gasteiger partial charge in [0.05, 0.1) is 12.2 Å². The molecule has 3 heterocycles. The maximum atomic E-state index is 10.5. The van der Waals surface area contributed by atoms with Gasteiger partial charge in [0.1, 0.15) is 0 Å². The summed E-state index contributed by atoms with van der Waals surface area (Å²) < 4.78 is 11.7. The number of allylic oxidation sites excluding steroid dienone is 3. The Bertz CT molecular complexity index is 423. The fraction of sp³-hybridized carbons (Fsp3) is 0.750. The highest BCUT2D eigenvalue weighted by atomic mass is 16.7. The van der Waals surface area contributed by atoms with Gasteiger partial charge in [-0.15, -0.1) is 0 Å². The first-order valence-corrected chi connectivity index (χ1v) is 9.55. The zero-order valence-corrected chi connectivity index (χ0v) is 14.9. The van der Waals surface area contributed by atoms with Gasteiger partial charge in [-0.3, -0.25) is 4.79 Å².